The van der Waals surface area contributed by atoms with Crippen LogP contribution >= 0.6 is 0 Å². The van der Waals surface area contributed by atoms with Crippen LogP contribution in [0.25, 0.3) is 0 Å². The lowest BCUT2D eigenvalue weighted by Gasteiger charge is -2.26. The maximum absolute atomic E-state index is 12.6. The van der Waals surface area contributed by atoms with E-state index < -0.39 is 16.1 Å². The molecule has 2 aromatic carbocycles. The number of carbonyl (C=O) groups is 1. The number of hydrogen-bond acceptors (Lipinski definition) is 6. The van der Waals surface area contributed by atoms with Gasteiger partial charge in [-0.25, -0.2) is 8.42 Å². The van der Waals surface area contributed by atoms with Gasteiger partial charge in [-0.2, -0.15) is 4.31 Å². The van der Waals surface area contributed by atoms with Crippen molar-refractivity contribution in [2.75, 3.05) is 39.5 Å². The number of nitrogens with zero attached hydrogens (tertiary/aromatic N) is 1. The monoisotopic (exact) mass is 462 g/mol. The minimum absolute atomic E-state index is 0.220. The van der Waals surface area contributed by atoms with Gasteiger partial charge in [0.1, 0.15) is 18.1 Å². The molecule has 1 N–H and O–H groups in total. The lowest BCUT2D eigenvalue weighted by atomic mass is 10.1. The molecular weight excluding hydrogens is 432 g/mol. The molecule has 0 radical (unpaired) electrons. The summed E-state index contributed by atoms with van der Waals surface area (Å²) in [4.78, 5) is 12.5. The first-order chi connectivity index (χ1) is 15.3. The van der Waals surface area contributed by atoms with Crippen LogP contribution < -0.4 is 14.8 Å². The standard InChI is InChI=1S/C23H30N2O6S/c1-17-14-18(2)16-21(15-17)31-19(3)23(26)24-8-11-30-20-4-6-22(7-5-20)32(27,28)25-9-12-29-13-10-25/h4-7,14-16,19H,8-13H2,1-3H3,(H,24,26)/t19-/m1/s1. The first-order valence-electron chi connectivity index (χ1n) is 10.6. The largest absolute Gasteiger partial charge is 0.492 e. The summed E-state index contributed by atoms with van der Waals surface area (Å²) in [6.07, 6.45) is -0.638. The molecule has 1 aliphatic heterocycles. The van der Waals surface area contributed by atoms with Gasteiger partial charge in [0.05, 0.1) is 24.7 Å². The molecule has 8 nitrogen and oxygen atoms in total. The Bertz CT molecular complexity index is 997. The Balaban J connectivity index is 1.43. The van der Waals surface area contributed by atoms with Crippen LogP contribution in [0.2, 0.25) is 0 Å². The number of hydrogen-bond donors (Lipinski definition) is 1. The van der Waals surface area contributed by atoms with E-state index in [1.54, 1.807) is 19.1 Å². The van der Waals surface area contributed by atoms with Crippen molar-refractivity contribution >= 4 is 15.9 Å². The highest BCUT2D eigenvalue weighted by molar-refractivity contribution is 7.89. The minimum atomic E-state index is -3.53. The number of morpholine rings is 1. The number of rotatable bonds is 9. The molecule has 174 valence electrons. The number of nitrogens with one attached hydrogen (secondary N) is 1. The molecule has 0 saturated carbocycles. The van der Waals surface area contributed by atoms with Gasteiger partial charge < -0.3 is 19.5 Å². The SMILES string of the molecule is Cc1cc(C)cc(O[C@H](C)C(=O)NCCOc2ccc(S(=O)(=O)N3CCOCC3)cc2)c1. The molecule has 1 heterocycles. The van der Waals surface area contributed by atoms with Crippen molar-refractivity contribution < 1.29 is 27.4 Å². The fraction of sp³-hybridized carbons (Fsp3) is 0.435. The first kappa shape index (κ1) is 24.0. The zero-order valence-corrected chi connectivity index (χ0v) is 19.5. The second kappa shape index (κ2) is 10.8. The molecule has 1 aliphatic rings. The van der Waals surface area contributed by atoms with Crippen LogP contribution in [-0.4, -0.2) is 64.2 Å². The highest BCUT2D eigenvalue weighted by Gasteiger charge is 2.26. The van der Waals surface area contributed by atoms with Gasteiger partial charge in [0.2, 0.25) is 10.0 Å². The molecule has 0 unspecified atom stereocenters. The third-order valence-electron chi connectivity index (χ3n) is 4.98. The summed E-state index contributed by atoms with van der Waals surface area (Å²) in [5.41, 5.74) is 2.15. The summed E-state index contributed by atoms with van der Waals surface area (Å²) < 4.78 is 43.2. The average Bonchev–Trinajstić information content (AvgIpc) is 2.76. The second-order valence-electron chi connectivity index (χ2n) is 7.71. The maximum atomic E-state index is 12.6. The lowest BCUT2D eigenvalue weighted by Crippen LogP contribution is -2.40. The molecule has 0 aromatic heterocycles. The van der Waals surface area contributed by atoms with E-state index in [1.807, 2.05) is 32.0 Å². The predicted octanol–water partition coefficient (Wildman–Crippen LogP) is 2.29. The van der Waals surface area contributed by atoms with E-state index in [4.69, 9.17) is 14.2 Å². The summed E-state index contributed by atoms with van der Waals surface area (Å²) >= 11 is 0. The van der Waals surface area contributed by atoms with Crippen LogP contribution in [0.3, 0.4) is 0 Å². The van der Waals surface area contributed by atoms with Crippen LogP contribution in [0.4, 0.5) is 0 Å². The quantitative estimate of drug-likeness (QED) is 0.575. The van der Waals surface area contributed by atoms with E-state index >= 15 is 0 Å². The van der Waals surface area contributed by atoms with E-state index in [-0.39, 0.29) is 17.4 Å². The third-order valence-corrected chi connectivity index (χ3v) is 6.89. The molecule has 3 rings (SSSR count). The Morgan fingerprint density at radius 1 is 1.06 bits per heavy atom. The van der Waals surface area contributed by atoms with Crippen LogP contribution in [0.15, 0.2) is 47.4 Å². The molecule has 2 aromatic rings. The van der Waals surface area contributed by atoms with Crippen molar-refractivity contribution in [1.82, 2.24) is 9.62 Å². The van der Waals surface area contributed by atoms with Gasteiger partial charge in [0.15, 0.2) is 6.10 Å². The fourth-order valence-corrected chi connectivity index (χ4v) is 4.80. The van der Waals surface area contributed by atoms with Gasteiger partial charge in [0, 0.05) is 13.1 Å². The molecule has 32 heavy (non-hydrogen) atoms. The maximum Gasteiger partial charge on any atom is 0.260 e. The van der Waals surface area contributed by atoms with Crippen LogP contribution in [-0.2, 0) is 19.6 Å². The fourth-order valence-electron chi connectivity index (χ4n) is 3.39. The topological polar surface area (TPSA) is 94.2 Å². The lowest BCUT2D eigenvalue weighted by molar-refractivity contribution is -0.127. The Labute approximate surface area is 189 Å². The van der Waals surface area contributed by atoms with Crippen molar-refractivity contribution in [1.29, 1.82) is 0 Å². The first-order valence-corrected chi connectivity index (χ1v) is 12.0. The number of benzene rings is 2. The molecular formula is C23H30N2O6S. The van der Waals surface area contributed by atoms with E-state index in [0.29, 0.717) is 44.3 Å². The predicted molar refractivity (Wildman–Crippen MR) is 121 cm³/mol. The van der Waals surface area contributed by atoms with Crippen molar-refractivity contribution in [2.24, 2.45) is 0 Å². The van der Waals surface area contributed by atoms with Crippen LogP contribution in [0.5, 0.6) is 11.5 Å². The molecule has 9 heteroatoms. The summed E-state index contributed by atoms with van der Waals surface area (Å²) in [5, 5.41) is 2.78. The summed E-state index contributed by atoms with van der Waals surface area (Å²) in [6, 6.07) is 12.1. The average molecular weight is 463 g/mol. The van der Waals surface area contributed by atoms with Gasteiger partial charge in [0.25, 0.3) is 5.91 Å². The van der Waals surface area contributed by atoms with Gasteiger partial charge in [-0.15, -0.1) is 0 Å². The molecule has 1 fully saturated rings. The smallest absolute Gasteiger partial charge is 0.260 e. The summed E-state index contributed by atoms with van der Waals surface area (Å²) in [7, 11) is -3.53. The van der Waals surface area contributed by atoms with Gasteiger partial charge in [-0.3, -0.25) is 4.79 Å². The van der Waals surface area contributed by atoms with E-state index in [9.17, 15) is 13.2 Å². The van der Waals surface area contributed by atoms with E-state index in [2.05, 4.69) is 5.32 Å². The molecule has 1 atom stereocenters. The summed E-state index contributed by atoms with van der Waals surface area (Å²) in [5.74, 6) is 0.952. The Hall–Kier alpha value is -2.62. The van der Waals surface area contributed by atoms with Crippen LogP contribution in [0, 0.1) is 13.8 Å². The highest BCUT2D eigenvalue weighted by Crippen LogP contribution is 2.20. The van der Waals surface area contributed by atoms with Gasteiger partial charge >= 0.3 is 0 Å². The third kappa shape index (κ3) is 6.44. The molecule has 1 amide bonds. The van der Waals surface area contributed by atoms with Crippen molar-refractivity contribution in [2.45, 2.75) is 31.8 Å². The Morgan fingerprint density at radius 2 is 1.69 bits per heavy atom. The Morgan fingerprint density at radius 3 is 2.31 bits per heavy atom. The molecule has 1 saturated heterocycles. The highest BCUT2D eigenvalue weighted by atomic mass is 32.2. The molecule has 0 aliphatic carbocycles. The minimum Gasteiger partial charge on any atom is -0.492 e. The van der Waals surface area contributed by atoms with Crippen molar-refractivity contribution in [3.8, 4) is 11.5 Å². The second-order valence-corrected chi connectivity index (χ2v) is 9.65. The number of sulfonamides is 1. The van der Waals surface area contributed by atoms with E-state index in [0.717, 1.165) is 11.1 Å². The molecule has 0 bridgehead atoms. The normalized spacial score (nSPS) is 15.7. The summed E-state index contributed by atoms with van der Waals surface area (Å²) in [6.45, 7) is 7.71. The number of carbonyl (C=O) groups excluding carboxylic acids is 1. The van der Waals surface area contributed by atoms with Crippen molar-refractivity contribution in [3.63, 3.8) is 0 Å². The van der Waals surface area contributed by atoms with Crippen LogP contribution in [0.1, 0.15) is 18.1 Å². The number of ether oxygens (including phenoxy) is 3. The zero-order valence-electron chi connectivity index (χ0n) is 18.7. The number of aryl methyl sites for hydroxylation is 2. The zero-order chi connectivity index (χ0) is 23.1. The van der Waals surface area contributed by atoms with Gasteiger partial charge in [-0.05, 0) is 68.3 Å². The van der Waals surface area contributed by atoms with Gasteiger partial charge in [-0.1, -0.05) is 6.07 Å². The molecule has 0 spiro atoms. The van der Waals surface area contributed by atoms with Crippen molar-refractivity contribution in [3.05, 3.63) is 53.6 Å². The Kier molecular flexibility index (Phi) is 8.11. The van der Waals surface area contributed by atoms with E-state index in [1.165, 1.54) is 16.4 Å². The number of amides is 1.